The molecule has 1 saturated heterocycles. The molecule has 0 spiro atoms. The van der Waals surface area contributed by atoms with E-state index in [-0.39, 0.29) is 49.5 Å². The predicted molar refractivity (Wildman–Crippen MR) is 139 cm³/mol. The minimum Gasteiger partial charge on any atom is -0.356 e. The topological polar surface area (TPSA) is 95.6 Å². The van der Waals surface area contributed by atoms with Crippen molar-refractivity contribution in [3.8, 4) is 0 Å². The molecule has 2 amide bonds. The molecule has 0 aromatic carbocycles. The number of alkyl halides is 2. The smallest absolute Gasteiger partial charge is 0.238 e. The standard InChI is InChI=1S/C27H45F2N3O4S/c28-23-14-13-22(16-24(23)29)37(35,36)32(25-8-4-5-15-30-27(25)34)18-20-9-11-21(12-10-20)26(33)31-17-19-6-2-1-3-7-19/h19-25H,1-18H2,(H,30,34)(H,31,33)/t20?,21?,22?,23?,24?,25-/m1/s1. The quantitative estimate of drug-likeness (QED) is 0.482. The molecule has 0 bridgehead atoms. The van der Waals surface area contributed by atoms with E-state index in [1.807, 2.05) is 0 Å². The van der Waals surface area contributed by atoms with Crippen LogP contribution >= 0.6 is 0 Å². The van der Waals surface area contributed by atoms with Gasteiger partial charge in [-0.1, -0.05) is 19.3 Å². The maximum atomic E-state index is 14.2. The summed E-state index contributed by atoms with van der Waals surface area (Å²) in [6.45, 7) is 1.46. The monoisotopic (exact) mass is 545 g/mol. The Balaban J connectivity index is 1.38. The summed E-state index contributed by atoms with van der Waals surface area (Å²) in [6, 6.07) is -0.815. The molecule has 10 heteroatoms. The second-order valence-electron chi connectivity index (χ2n) is 11.9. The Morgan fingerprint density at radius 1 is 0.865 bits per heavy atom. The van der Waals surface area contributed by atoms with Crippen molar-refractivity contribution in [2.75, 3.05) is 19.6 Å². The Kier molecular flexibility index (Phi) is 10.2. The second-order valence-corrected chi connectivity index (χ2v) is 14.0. The molecule has 4 atom stereocenters. The van der Waals surface area contributed by atoms with Gasteiger partial charge in [-0.2, -0.15) is 4.31 Å². The van der Waals surface area contributed by atoms with Crippen molar-refractivity contribution in [1.29, 1.82) is 0 Å². The summed E-state index contributed by atoms with van der Waals surface area (Å²) >= 11 is 0. The second kappa shape index (κ2) is 13.2. The lowest BCUT2D eigenvalue weighted by Gasteiger charge is -2.38. The summed E-state index contributed by atoms with van der Waals surface area (Å²) in [4.78, 5) is 25.7. The Morgan fingerprint density at radius 2 is 1.57 bits per heavy atom. The lowest BCUT2D eigenvalue weighted by Crippen LogP contribution is -2.54. The molecule has 3 aliphatic carbocycles. The van der Waals surface area contributed by atoms with Crippen molar-refractivity contribution < 1.29 is 26.8 Å². The summed E-state index contributed by atoms with van der Waals surface area (Å²) in [6.07, 6.45) is 7.09. The van der Waals surface area contributed by atoms with Gasteiger partial charge in [-0.15, -0.1) is 0 Å². The lowest BCUT2D eigenvalue weighted by atomic mass is 9.81. The zero-order valence-corrected chi connectivity index (χ0v) is 22.8. The van der Waals surface area contributed by atoms with Crippen LogP contribution < -0.4 is 10.6 Å². The van der Waals surface area contributed by atoms with Crippen molar-refractivity contribution in [3.63, 3.8) is 0 Å². The fourth-order valence-corrected chi connectivity index (χ4v) is 8.97. The highest BCUT2D eigenvalue weighted by molar-refractivity contribution is 7.89. The molecular weight excluding hydrogens is 500 g/mol. The molecule has 0 aromatic rings. The van der Waals surface area contributed by atoms with E-state index in [0.29, 0.717) is 44.6 Å². The summed E-state index contributed by atoms with van der Waals surface area (Å²) < 4.78 is 56.8. The number of rotatable bonds is 8. The highest BCUT2D eigenvalue weighted by Crippen LogP contribution is 2.35. The van der Waals surface area contributed by atoms with Gasteiger partial charge in [0.05, 0.1) is 5.25 Å². The number of carbonyl (C=O) groups is 2. The average molecular weight is 546 g/mol. The van der Waals surface area contributed by atoms with E-state index < -0.39 is 33.7 Å². The third-order valence-corrected chi connectivity index (χ3v) is 11.5. The molecule has 0 radical (unpaired) electrons. The van der Waals surface area contributed by atoms with Crippen molar-refractivity contribution in [3.05, 3.63) is 0 Å². The number of carbonyl (C=O) groups excluding carboxylic acids is 2. The van der Waals surface area contributed by atoms with Crippen LogP contribution in [0.1, 0.15) is 96.3 Å². The number of hydrogen-bond donors (Lipinski definition) is 2. The van der Waals surface area contributed by atoms with Crippen LogP contribution in [0, 0.1) is 17.8 Å². The predicted octanol–water partition coefficient (Wildman–Crippen LogP) is 4.02. The number of nitrogens with zero attached hydrogens (tertiary/aromatic N) is 1. The Bertz CT molecular complexity index is 875. The van der Waals surface area contributed by atoms with E-state index in [1.54, 1.807) is 0 Å². The van der Waals surface area contributed by atoms with Crippen LogP contribution in [0.4, 0.5) is 8.78 Å². The van der Waals surface area contributed by atoms with Gasteiger partial charge in [0.1, 0.15) is 18.4 Å². The van der Waals surface area contributed by atoms with Crippen LogP contribution in [0.25, 0.3) is 0 Å². The zero-order valence-electron chi connectivity index (χ0n) is 22.0. The molecule has 2 N–H and O–H groups in total. The fourth-order valence-electron chi connectivity index (χ4n) is 6.75. The first-order valence-electron chi connectivity index (χ1n) is 14.6. The third kappa shape index (κ3) is 7.43. The minimum atomic E-state index is -3.99. The first kappa shape index (κ1) is 28.7. The van der Waals surface area contributed by atoms with Gasteiger partial charge in [0, 0.05) is 25.6 Å². The van der Waals surface area contributed by atoms with Crippen LogP contribution in [-0.2, 0) is 19.6 Å². The Hall–Kier alpha value is -1.29. The molecule has 1 heterocycles. The molecular formula is C27H45F2N3O4S. The van der Waals surface area contributed by atoms with Crippen LogP contribution in [0.3, 0.4) is 0 Å². The summed E-state index contributed by atoms with van der Waals surface area (Å²) in [5.74, 6) is 0.362. The van der Waals surface area contributed by atoms with Crippen LogP contribution in [0.15, 0.2) is 0 Å². The van der Waals surface area contributed by atoms with Crippen molar-refractivity contribution >= 4 is 21.8 Å². The highest BCUT2D eigenvalue weighted by atomic mass is 32.2. The molecule has 4 rings (SSSR count). The van der Waals surface area contributed by atoms with Crippen molar-refractivity contribution in [1.82, 2.24) is 14.9 Å². The molecule has 37 heavy (non-hydrogen) atoms. The van der Waals surface area contributed by atoms with Gasteiger partial charge in [-0.25, -0.2) is 17.2 Å². The van der Waals surface area contributed by atoms with Crippen LogP contribution in [0.5, 0.6) is 0 Å². The number of sulfonamides is 1. The number of nitrogens with one attached hydrogen (secondary N) is 2. The van der Waals surface area contributed by atoms with Gasteiger partial charge in [0.2, 0.25) is 21.8 Å². The van der Waals surface area contributed by atoms with Crippen LogP contribution in [-0.4, -0.2) is 67.8 Å². The number of halogens is 2. The maximum Gasteiger partial charge on any atom is 0.238 e. The molecule has 3 unspecified atom stereocenters. The van der Waals surface area contributed by atoms with E-state index in [0.717, 1.165) is 19.4 Å². The largest absolute Gasteiger partial charge is 0.356 e. The maximum absolute atomic E-state index is 14.2. The molecule has 212 valence electrons. The minimum absolute atomic E-state index is 0.0342. The molecule has 7 nitrogen and oxygen atoms in total. The van der Waals surface area contributed by atoms with Gasteiger partial charge >= 0.3 is 0 Å². The van der Waals surface area contributed by atoms with Gasteiger partial charge in [0.25, 0.3) is 0 Å². The SMILES string of the molecule is O=C(NCC1CCCCC1)C1CCC(CN([C@@H]2CCCCNC2=O)S(=O)(=O)C2CCC(F)C(F)C2)CC1. The third-order valence-electron chi connectivity index (χ3n) is 9.19. The van der Waals surface area contributed by atoms with E-state index >= 15 is 0 Å². The van der Waals surface area contributed by atoms with Crippen molar-refractivity contribution in [2.24, 2.45) is 17.8 Å². The van der Waals surface area contributed by atoms with Gasteiger partial charge in [0.15, 0.2) is 0 Å². The van der Waals surface area contributed by atoms with E-state index in [9.17, 15) is 26.8 Å². The Morgan fingerprint density at radius 3 is 2.27 bits per heavy atom. The van der Waals surface area contributed by atoms with Crippen LogP contribution in [0.2, 0.25) is 0 Å². The summed E-state index contributed by atoms with van der Waals surface area (Å²) in [5, 5.41) is 4.98. The normalized spacial score (nSPS) is 34.5. The lowest BCUT2D eigenvalue weighted by molar-refractivity contribution is -0.126. The first-order valence-corrected chi connectivity index (χ1v) is 16.1. The Labute approximate surface area is 220 Å². The zero-order chi connectivity index (χ0) is 26.4. The fraction of sp³-hybridized carbons (Fsp3) is 0.926. The molecule has 1 aliphatic heterocycles. The van der Waals surface area contributed by atoms with E-state index in [2.05, 4.69) is 10.6 Å². The summed E-state index contributed by atoms with van der Waals surface area (Å²) in [7, 11) is -3.99. The molecule has 4 fully saturated rings. The number of hydrogen-bond acceptors (Lipinski definition) is 4. The van der Waals surface area contributed by atoms with Crippen molar-refractivity contribution in [2.45, 2.75) is 120 Å². The molecule has 0 aromatic heterocycles. The first-order chi connectivity index (χ1) is 17.8. The van der Waals surface area contributed by atoms with E-state index in [1.165, 1.54) is 36.4 Å². The highest BCUT2D eigenvalue weighted by Gasteiger charge is 2.45. The molecule has 4 aliphatic rings. The van der Waals surface area contributed by atoms with Gasteiger partial charge < -0.3 is 10.6 Å². The summed E-state index contributed by atoms with van der Waals surface area (Å²) in [5.41, 5.74) is 0. The molecule has 3 saturated carbocycles. The van der Waals surface area contributed by atoms with Gasteiger partial charge in [-0.05, 0) is 88.9 Å². The average Bonchev–Trinajstić information content (AvgIpc) is 3.12. The van der Waals surface area contributed by atoms with Gasteiger partial charge in [-0.3, -0.25) is 9.59 Å². The number of amides is 2. The van der Waals surface area contributed by atoms with E-state index in [4.69, 9.17) is 0 Å².